The van der Waals surface area contributed by atoms with Crippen molar-refractivity contribution in [1.82, 2.24) is 9.47 Å². The molecule has 0 fully saturated rings. The molecular weight excluding hydrogens is 380 g/mol. The first-order valence-electron chi connectivity index (χ1n) is 10.3. The van der Waals surface area contributed by atoms with Crippen LogP contribution in [0.25, 0.3) is 5.00 Å². The molecule has 0 radical (unpaired) electrons. The summed E-state index contributed by atoms with van der Waals surface area (Å²) in [6, 6.07) is 12.7. The van der Waals surface area contributed by atoms with Gasteiger partial charge in [0.05, 0.1) is 11.7 Å². The Bertz CT molecular complexity index is 1060. The van der Waals surface area contributed by atoms with Crippen LogP contribution >= 0.6 is 11.3 Å². The molecule has 5 rings (SSSR count). The lowest BCUT2D eigenvalue weighted by Crippen LogP contribution is -2.37. The fourth-order valence-corrected chi connectivity index (χ4v) is 6.23. The Hall–Kier alpha value is -2.37. The molecule has 5 heteroatoms. The predicted molar refractivity (Wildman–Crippen MR) is 116 cm³/mol. The molecule has 3 heterocycles. The zero-order valence-electron chi connectivity index (χ0n) is 17.0. The molecule has 4 nitrogen and oxygen atoms in total. The Morgan fingerprint density at radius 2 is 2.03 bits per heavy atom. The molecule has 0 bridgehead atoms. The number of thiophene rings is 1. The molecule has 150 valence electrons. The predicted octanol–water partition coefficient (Wildman–Crippen LogP) is 4.80. The van der Waals surface area contributed by atoms with Crippen LogP contribution in [0.2, 0.25) is 0 Å². The zero-order valence-corrected chi connectivity index (χ0v) is 17.8. The number of nitrogens with zero attached hydrogens (tertiary/aromatic N) is 2. The number of ether oxygens (including phenoxy) is 1. The van der Waals surface area contributed by atoms with Gasteiger partial charge in [0.25, 0.3) is 0 Å². The molecule has 0 saturated heterocycles. The minimum Gasteiger partial charge on any atom is -0.375 e. The maximum Gasteiger partial charge on any atom is 0.249 e. The second kappa shape index (κ2) is 7.47. The highest BCUT2D eigenvalue weighted by Crippen LogP contribution is 2.44. The first-order valence-corrected chi connectivity index (χ1v) is 11.1. The van der Waals surface area contributed by atoms with E-state index in [0.29, 0.717) is 6.54 Å². The Morgan fingerprint density at radius 1 is 1.17 bits per heavy atom. The molecule has 2 aromatic heterocycles. The standard InChI is InChI=1S/C24H26N2O2S/c1-16-7-5-8-17(13-16)23-20-10-6-12-25(20)24-19(14-26(23)22(27)15-28-2)18-9-3-4-11-21(18)29-24/h5-8,10,12-13,23H,3-4,9,11,14-15H2,1-2H3. The maximum atomic E-state index is 13.2. The van der Waals surface area contributed by atoms with Crippen molar-refractivity contribution >= 4 is 17.2 Å². The van der Waals surface area contributed by atoms with Crippen LogP contribution in [-0.2, 0) is 28.9 Å². The van der Waals surface area contributed by atoms with Crippen LogP contribution < -0.4 is 0 Å². The molecule has 0 N–H and O–H groups in total. The number of rotatable bonds is 3. The molecule has 2 aliphatic rings. The number of benzene rings is 1. The van der Waals surface area contributed by atoms with Gasteiger partial charge in [-0.25, -0.2) is 0 Å². The molecular formula is C24H26N2O2S. The first-order chi connectivity index (χ1) is 14.2. The van der Waals surface area contributed by atoms with Crippen LogP contribution in [0, 0.1) is 6.92 Å². The molecule has 1 unspecified atom stereocenters. The lowest BCUT2D eigenvalue weighted by Gasteiger charge is -2.31. The number of aryl methyl sites for hydroxylation is 2. The highest BCUT2D eigenvalue weighted by molar-refractivity contribution is 7.15. The summed E-state index contributed by atoms with van der Waals surface area (Å²) >= 11 is 1.92. The van der Waals surface area contributed by atoms with E-state index in [1.807, 2.05) is 16.2 Å². The summed E-state index contributed by atoms with van der Waals surface area (Å²) in [5.41, 5.74) is 6.32. The Labute approximate surface area is 175 Å². The molecule has 3 aromatic rings. The molecule has 29 heavy (non-hydrogen) atoms. The van der Waals surface area contributed by atoms with Crippen molar-refractivity contribution in [2.24, 2.45) is 0 Å². The second-order valence-corrected chi connectivity index (χ2v) is 9.15. The van der Waals surface area contributed by atoms with E-state index in [1.165, 1.54) is 39.4 Å². The number of carbonyl (C=O) groups excluding carboxylic acids is 1. The summed E-state index contributed by atoms with van der Waals surface area (Å²) in [6.07, 6.45) is 6.95. The van der Waals surface area contributed by atoms with Crippen LogP contribution in [-0.4, -0.2) is 29.1 Å². The van der Waals surface area contributed by atoms with Crippen molar-refractivity contribution in [3.8, 4) is 5.00 Å². The Kier molecular flexibility index (Phi) is 4.80. The maximum absolute atomic E-state index is 13.2. The van der Waals surface area contributed by atoms with Crippen molar-refractivity contribution < 1.29 is 9.53 Å². The Morgan fingerprint density at radius 3 is 2.86 bits per heavy atom. The van der Waals surface area contributed by atoms with Crippen molar-refractivity contribution in [3.05, 3.63) is 75.4 Å². The SMILES string of the molecule is COCC(=O)N1Cc2c(sc3c2CCCC3)-n2cccc2C1c1cccc(C)c1. The lowest BCUT2D eigenvalue weighted by molar-refractivity contribution is -0.137. The molecule has 1 amide bonds. The molecule has 1 aromatic carbocycles. The third kappa shape index (κ3) is 3.13. The van der Waals surface area contributed by atoms with Crippen molar-refractivity contribution in [2.45, 2.75) is 45.2 Å². The van der Waals surface area contributed by atoms with Gasteiger partial charge in [-0.1, -0.05) is 29.8 Å². The molecule has 1 atom stereocenters. The average Bonchev–Trinajstić information content (AvgIpc) is 3.30. The highest BCUT2D eigenvalue weighted by atomic mass is 32.1. The second-order valence-electron chi connectivity index (χ2n) is 8.07. The summed E-state index contributed by atoms with van der Waals surface area (Å²) < 4.78 is 7.59. The summed E-state index contributed by atoms with van der Waals surface area (Å²) in [6.45, 7) is 2.85. The van der Waals surface area contributed by atoms with Gasteiger partial charge < -0.3 is 14.2 Å². The molecule has 0 saturated carbocycles. The summed E-state index contributed by atoms with van der Waals surface area (Å²) in [5.74, 6) is 0.0374. The van der Waals surface area contributed by atoms with Gasteiger partial charge in [0.2, 0.25) is 5.91 Å². The number of methoxy groups -OCH3 is 1. The number of carbonyl (C=O) groups is 1. The molecule has 0 spiro atoms. The zero-order chi connectivity index (χ0) is 20.0. The van der Waals surface area contributed by atoms with E-state index in [-0.39, 0.29) is 18.6 Å². The fraction of sp³-hybridized carbons (Fsp3) is 0.375. The van der Waals surface area contributed by atoms with Gasteiger partial charge in [0.15, 0.2) is 0 Å². The monoisotopic (exact) mass is 406 g/mol. The van der Waals surface area contributed by atoms with E-state index in [2.05, 4.69) is 54.1 Å². The van der Waals surface area contributed by atoms with Crippen LogP contribution in [0.3, 0.4) is 0 Å². The molecule has 1 aliphatic heterocycles. The van der Waals surface area contributed by atoms with Crippen molar-refractivity contribution in [1.29, 1.82) is 0 Å². The number of hydrogen-bond donors (Lipinski definition) is 0. The average molecular weight is 407 g/mol. The van der Waals surface area contributed by atoms with Crippen LogP contribution in [0.4, 0.5) is 0 Å². The third-order valence-corrected chi connectivity index (χ3v) is 7.46. The van der Waals surface area contributed by atoms with E-state index < -0.39 is 0 Å². The normalized spacial score (nSPS) is 18.0. The number of amides is 1. The van der Waals surface area contributed by atoms with Crippen LogP contribution in [0.5, 0.6) is 0 Å². The van der Waals surface area contributed by atoms with Crippen LogP contribution in [0.1, 0.15) is 51.7 Å². The van der Waals surface area contributed by atoms with Gasteiger partial charge in [-0.15, -0.1) is 11.3 Å². The third-order valence-electron chi connectivity index (χ3n) is 6.12. The van der Waals surface area contributed by atoms with Crippen LogP contribution in [0.15, 0.2) is 42.6 Å². The summed E-state index contributed by atoms with van der Waals surface area (Å²) in [5, 5.41) is 1.29. The van der Waals surface area contributed by atoms with E-state index in [0.717, 1.165) is 24.1 Å². The van der Waals surface area contributed by atoms with Gasteiger partial charge in [-0.05, 0) is 55.9 Å². The fourth-order valence-electron chi connectivity index (χ4n) is 4.83. The minimum atomic E-state index is -0.119. The summed E-state index contributed by atoms with van der Waals surface area (Å²) in [7, 11) is 1.60. The number of hydrogen-bond acceptors (Lipinski definition) is 3. The summed E-state index contributed by atoms with van der Waals surface area (Å²) in [4.78, 5) is 16.8. The van der Waals surface area contributed by atoms with Gasteiger partial charge in [-0.2, -0.15) is 0 Å². The lowest BCUT2D eigenvalue weighted by atomic mass is 9.95. The van der Waals surface area contributed by atoms with E-state index >= 15 is 0 Å². The topological polar surface area (TPSA) is 34.5 Å². The van der Waals surface area contributed by atoms with E-state index in [4.69, 9.17) is 4.74 Å². The highest BCUT2D eigenvalue weighted by Gasteiger charge is 2.35. The first kappa shape index (κ1) is 18.6. The van der Waals surface area contributed by atoms with Gasteiger partial charge in [-0.3, -0.25) is 4.79 Å². The van der Waals surface area contributed by atoms with Crippen molar-refractivity contribution in [2.75, 3.05) is 13.7 Å². The van der Waals surface area contributed by atoms with Gasteiger partial charge in [0.1, 0.15) is 11.6 Å². The van der Waals surface area contributed by atoms with Crippen molar-refractivity contribution in [3.63, 3.8) is 0 Å². The smallest absolute Gasteiger partial charge is 0.249 e. The quantitative estimate of drug-likeness (QED) is 0.626. The van der Waals surface area contributed by atoms with Gasteiger partial charge in [0, 0.05) is 30.3 Å². The number of aromatic nitrogens is 1. The Balaban J connectivity index is 1.72. The van der Waals surface area contributed by atoms with Gasteiger partial charge >= 0.3 is 0 Å². The number of fused-ring (bicyclic) bond motifs is 5. The van der Waals surface area contributed by atoms with E-state index in [1.54, 1.807) is 7.11 Å². The van der Waals surface area contributed by atoms with E-state index in [9.17, 15) is 4.79 Å². The molecule has 1 aliphatic carbocycles. The largest absolute Gasteiger partial charge is 0.375 e. The minimum absolute atomic E-state index is 0.0374.